The van der Waals surface area contributed by atoms with Gasteiger partial charge in [-0.15, -0.1) is 0 Å². The molecule has 6 heteroatoms. The van der Waals surface area contributed by atoms with Crippen molar-refractivity contribution in [2.75, 3.05) is 0 Å². The van der Waals surface area contributed by atoms with Gasteiger partial charge in [-0.25, -0.2) is 9.36 Å². The second kappa shape index (κ2) is 5.42. The minimum atomic E-state index is -0.485. The van der Waals surface area contributed by atoms with Crippen LogP contribution in [-0.4, -0.2) is 14.5 Å². The number of rotatable bonds is 1. The molecule has 0 saturated carbocycles. The molecule has 0 fully saturated rings. The molecule has 118 valence electrons. The molecule has 4 aromatic rings. The molecule has 0 amide bonds. The van der Waals surface area contributed by atoms with Gasteiger partial charge in [0, 0.05) is 21.4 Å². The molecule has 0 radical (unpaired) electrons. The van der Waals surface area contributed by atoms with E-state index in [-0.39, 0.29) is 5.56 Å². The molecule has 24 heavy (non-hydrogen) atoms. The molecule has 4 rings (SSSR count). The Kier molecular flexibility index (Phi) is 3.35. The number of benzene rings is 2. The van der Waals surface area contributed by atoms with E-state index < -0.39 is 5.69 Å². The third kappa shape index (κ3) is 2.18. The van der Waals surface area contributed by atoms with Crippen LogP contribution >= 0.6 is 15.9 Å². The lowest BCUT2D eigenvalue weighted by molar-refractivity contribution is 0.902. The van der Waals surface area contributed by atoms with Crippen LogP contribution < -0.4 is 11.2 Å². The first kappa shape index (κ1) is 14.8. The fourth-order valence-electron chi connectivity index (χ4n) is 2.84. The largest absolute Gasteiger partial charge is 0.333 e. The van der Waals surface area contributed by atoms with E-state index in [1.165, 1.54) is 6.20 Å². The van der Waals surface area contributed by atoms with Crippen LogP contribution in [0.3, 0.4) is 0 Å². The van der Waals surface area contributed by atoms with Gasteiger partial charge >= 0.3 is 5.69 Å². The molecule has 0 bridgehead atoms. The summed E-state index contributed by atoms with van der Waals surface area (Å²) in [6, 6.07) is 11.0. The van der Waals surface area contributed by atoms with Crippen molar-refractivity contribution in [3.63, 3.8) is 0 Å². The molecule has 0 unspecified atom stereocenters. The summed E-state index contributed by atoms with van der Waals surface area (Å²) in [7, 11) is 0. The monoisotopic (exact) mass is 381 g/mol. The van der Waals surface area contributed by atoms with Crippen molar-refractivity contribution in [2.45, 2.75) is 6.92 Å². The minimum Gasteiger partial charge on any atom is -0.306 e. The number of hydrogen-bond donors (Lipinski definition) is 1. The highest BCUT2D eigenvalue weighted by Crippen LogP contribution is 2.22. The number of aromatic nitrogens is 3. The molecule has 0 saturated heterocycles. The number of nitrogens with one attached hydrogen (secondary N) is 1. The Balaban J connectivity index is 2.16. The second-order valence-corrected chi connectivity index (χ2v) is 6.45. The van der Waals surface area contributed by atoms with E-state index in [4.69, 9.17) is 0 Å². The highest BCUT2D eigenvalue weighted by molar-refractivity contribution is 9.10. The number of aryl methyl sites for hydroxylation is 1. The summed E-state index contributed by atoms with van der Waals surface area (Å²) in [6.07, 6.45) is 3.25. The van der Waals surface area contributed by atoms with E-state index in [1.807, 2.05) is 31.2 Å². The maximum Gasteiger partial charge on any atom is 0.333 e. The second-order valence-electron chi connectivity index (χ2n) is 5.60. The van der Waals surface area contributed by atoms with Crippen molar-refractivity contribution in [3.05, 3.63) is 79.7 Å². The summed E-state index contributed by atoms with van der Waals surface area (Å²) >= 11 is 3.42. The van der Waals surface area contributed by atoms with Gasteiger partial charge in [-0.2, -0.15) is 0 Å². The first-order valence-corrected chi connectivity index (χ1v) is 8.14. The predicted molar refractivity (Wildman–Crippen MR) is 97.9 cm³/mol. The summed E-state index contributed by atoms with van der Waals surface area (Å²) in [5, 5.41) is 2.13. The lowest BCUT2D eigenvalue weighted by Crippen LogP contribution is -2.33. The van der Waals surface area contributed by atoms with Gasteiger partial charge in [-0.1, -0.05) is 40.2 Å². The molecule has 1 N–H and O–H groups in total. The van der Waals surface area contributed by atoms with Crippen LogP contribution in [0, 0.1) is 6.92 Å². The highest BCUT2D eigenvalue weighted by Gasteiger charge is 2.13. The van der Waals surface area contributed by atoms with Gasteiger partial charge in [0.2, 0.25) is 0 Å². The van der Waals surface area contributed by atoms with E-state index in [0.29, 0.717) is 16.6 Å². The Labute approximate surface area is 144 Å². The van der Waals surface area contributed by atoms with Crippen LogP contribution in [-0.2, 0) is 0 Å². The molecule has 0 aliphatic rings. The first-order valence-electron chi connectivity index (χ1n) is 7.34. The fourth-order valence-corrected chi connectivity index (χ4v) is 3.19. The fraction of sp³-hybridized carbons (Fsp3) is 0.0556. The molecule has 2 heterocycles. The molecule has 2 aromatic heterocycles. The molecule has 2 aromatic carbocycles. The van der Waals surface area contributed by atoms with Crippen molar-refractivity contribution in [3.8, 4) is 5.69 Å². The minimum absolute atomic E-state index is 0.359. The molecular formula is C18H12BrN3O2. The molecule has 0 aliphatic carbocycles. The Morgan fingerprint density at radius 1 is 1.08 bits per heavy atom. The molecule has 0 atom stereocenters. The Bertz CT molecular complexity index is 1220. The summed E-state index contributed by atoms with van der Waals surface area (Å²) < 4.78 is 1.99. The zero-order valence-electron chi connectivity index (χ0n) is 12.7. The van der Waals surface area contributed by atoms with Crippen LogP contribution in [0.25, 0.3) is 27.4 Å². The number of aromatic amines is 1. The molecule has 5 nitrogen and oxygen atoms in total. The van der Waals surface area contributed by atoms with Crippen molar-refractivity contribution >= 4 is 37.6 Å². The molecule has 0 aliphatic heterocycles. The quantitative estimate of drug-likeness (QED) is 0.549. The van der Waals surface area contributed by atoms with Crippen molar-refractivity contribution in [1.29, 1.82) is 0 Å². The van der Waals surface area contributed by atoms with Gasteiger partial charge in [0.1, 0.15) is 0 Å². The van der Waals surface area contributed by atoms with Crippen LogP contribution in [0.2, 0.25) is 0 Å². The third-order valence-electron chi connectivity index (χ3n) is 4.07. The van der Waals surface area contributed by atoms with E-state index >= 15 is 0 Å². The number of fused-ring (bicyclic) bond motifs is 2. The van der Waals surface area contributed by atoms with E-state index in [0.717, 1.165) is 25.4 Å². The third-order valence-corrected chi connectivity index (χ3v) is 4.92. The van der Waals surface area contributed by atoms with E-state index in [1.54, 1.807) is 18.3 Å². The number of pyridine rings is 1. The number of hydrogen-bond acceptors (Lipinski definition) is 3. The van der Waals surface area contributed by atoms with E-state index in [9.17, 15) is 9.59 Å². The van der Waals surface area contributed by atoms with Crippen molar-refractivity contribution in [1.82, 2.24) is 14.5 Å². The molecule has 0 spiro atoms. The van der Waals surface area contributed by atoms with E-state index in [2.05, 4.69) is 25.9 Å². The summed E-state index contributed by atoms with van der Waals surface area (Å²) in [6.45, 7) is 1.90. The first-order chi connectivity index (χ1) is 11.6. The molecular weight excluding hydrogens is 370 g/mol. The van der Waals surface area contributed by atoms with Gasteiger partial charge in [0.05, 0.1) is 22.8 Å². The van der Waals surface area contributed by atoms with Crippen LogP contribution in [0.15, 0.2) is 62.9 Å². The predicted octanol–water partition coefficient (Wildman–Crippen LogP) is 3.30. The lowest BCUT2D eigenvalue weighted by atomic mass is 10.1. The number of halogens is 1. The van der Waals surface area contributed by atoms with Gasteiger partial charge < -0.3 is 4.98 Å². The Morgan fingerprint density at radius 3 is 2.71 bits per heavy atom. The summed E-state index contributed by atoms with van der Waals surface area (Å²) in [4.78, 5) is 32.5. The standard InChI is InChI=1S/C18H12BrN3O2/c1-10-6-13-15(7-14(10)19)21-18(24)22(17(13)23)16-9-20-8-11-4-2-3-5-12(11)16/h2-9H,1H3,(H,21,24). The zero-order valence-corrected chi connectivity index (χ0v) is 14.3. The maximum atomic E-state index is 13.0. The van der Waals surface area contributed by atoms with Crippen LogP contribution in [0.5, 0.6) is 0 Å². The number of H-pyrrole nitrogens is 1. The van der Waals surface area contributed by atoms with Gasteiger partial charge in [-0.05, 0) is 24.6 Å². The van der Waals surface area contributed by atoms with Crippen LogP contribution in [0.1, 0.15) is 5.56 Å². The number of nitrogens with zero attached hydrogens (tertiary/aromatic N) is 2. The average molecular weight is 382 g/mol. The van der Waals surface area contributed by atoms with Crippen LogP contribution in [0.4, 0.5) is 0 Å². The maximum absolute atomic E-state index is 13.0. The van der Waals surface area contributed by atoms with Crippen molar-refractivity contribution < 1.29 is 0 Å². The van der Waals surface area contributed by atoms with Crippen molar-refractivity contribution in [2.24, 2.45) is 0 Å². The Hall–Kier alpha value is -2.73. The Morgan fingerprint density at radius 2 is 1.88 bits per heavy atom. The van der Waals surface area contributed by atoms with Gasteiger partial charge in [-0.3, -0.25) is 9.78 Å². The van der Waals surface area contributed by atoms with Gasteiger partial charge in [0.25, 0.3) is 5.56 Å². The topological polar surface area (TPSA) is 67.8 Å². The summed E-state index contributed by atoms with van der Waals surface area (Å²) in [5.74, 6) is 0. The summed E-state index contributed by atoms with van der Waals surface area (Å²) in [5.41, 5.74) is 1.06. The SMILES string of the molecule is Cc1cc2c(=O)n(-c3cncc4ccccc34)c(=O)[nH]c2cc1Br. The highest BCUT2D eigenvalue weighted by atomic mass is 79.9. The smallest absolute Gasteiger partial charge is 0.306 e. The lowest BCUT2D eigenvalue weighted by Gasteiger charge is -2.10. The normalized spacial score (nSPS) is 11.2. The zero-order chi connectivity index (χ0) is 16.8. The van der Waals surface area contributed by atoms with Gasteiger partial charge in [0.15, 0.2) is 0 Å². The average Bonchev–Trinajstić information content (AvgIpc) is 2.57.